The molecule has 0 bridgehead atoms. The van der Waals surface area contributed by atoms with Crippen LogP contribution in [0.2, 0.25) is 0 Å². The van der Waals surface area contributed by atoms with Gasteiger partial charge in [-0.15, -0.1) is 0 Å². The molecule has 7 heteroatoms. The zero-order valence-corrected chi connectivity index (χ0v) is 17.8. The molecule has 29 heavy (non-hydrogen) atoms. The number of nitrogens with zero attached hydrogens (tertiary/aromatic N) is 4. The van der Waals surface area contributed by atoms with E-state index >= 15 is 0 Å². The summed E-state index contributed by atoms with van der Waals surface area (Å²) in [6.07, 6.45) is 0.446. The van der Waals surface area contributed by atoms with Gasteiger partial charge in [0.2, 0.25) is 0 Å². The molecule has 2 heterocycles. The molecule has 0 aliphatic rings. The van der Waals surface area contributed by atoms with Crippen LogP contribution >= 0.6 is 0 Å². The highest BCUT2D eigenvalue weighted by Crippen LogP contribution is 2.26. The molecule has 0 amide bonds. The van der Waals surface area contributed by atoms with E-state index < -0.39 is 10.0 Å². The van der Waals surface area contributed by atoms with E-state index in [0.717, 1.165) is 17.0 Å². The SMILES string of the molecule is Cc1ccc(S(=O)(=O)n2c(C[C@H](C)n3nc(C)cc3C)nc3ccccc32)cc1. The molecule has 1 atom stereocenters. The fourth-order valence-electron chi connectivity index (χ4n) is 3.71. The Hall–Kier alpha value is -2.93. The van der Waals surface area contributed by atoms with Crippen molar-refractivity contribution in [2.45, 2.75) is 45.1 Å². The van der Waals surface area contributed by atoms with E-state index in [2.05, 4.69) is 10.1 Å². The third-order valence-electron chi connectivity index (χ3n) is 5.08. The molecule has 6 nitrogen and oxygen atoms in total. The first kappa shape index (κ1) is 19.4. The van der Waals surface area contributed by atoms with Crippen LogP contribution in [0.1, 0.15) is 35.7 Å². The second kappa shape index (κ2) is 7.15. The Labute approximate surface area is 170 Å². The predicted molar refractivity (Wildman–Crippen MR) is 114 cm³/mol. The summed E-state index contributed by atoms with van der Waals surface area (Å²) in [5.74, 6) is 0.506. The average Bonchev–Trinajstić information content (AvgIpc) is 3.21. The Morgan fingerprint density at radius 2 is 1.69 bits per heavy atom. The molecule has 0 saturated carbocycles. The minimum Gasteiger partial charge on any atom is -0.266 e. The van der Waals surface area contributed by atoms with Gasteiger partial charge in [-0.2, -0.15) is 5.10 Å². The normalized spacial score (nSPS) is 13.1. The van der Waals surface area contributed by atoms with E-state index in [-0.39, 0.29) is 10.9 Å². The van der Waals surface area contributed by atoms with Gasteiger partial charge in [0.05, 0.1) is 27.7 Å². The number of aryl methyl sites for hydroxylation is 3. The molecule has 4 aromatic rings. The molecule has 0 N–H and O–H groups in total. The molecule has 150 valence electrons. The Balaban J connectivity index is 1.85. The summed E-state index contributed by atoms with van der Waals surface area (Å²) in [5.41, 5.74) is 4.24. The maximum atomic E-state index is 13.5. The lowest BCUT2D eigenvalue weighted by atomic mass is 10.2. The molecule has 0 unspecified atom stereocenters. The van der Waals surface area contributed by atoms with Gasteiger partial charge < -0.3 is 0 Å². The lowest BCUT2D eigenvalue weighted by Gasteiger charge is -2.16. The van der Waals surface area contributed by atoms with Gasteiger partial charge >= 0.3 is 0 Å². The van der Waals surface area contributed by atoms with Crippen molar-refractivity contribution >= 4 is 21.1 Å². The fraction of sp³-hybridized carbons (Fsp3) is 0.273. The number of para-hydroxylation sites is 2. The molecular formula is C22H24N4O2S. The van der Waals surface area contributed by atoms with Crippen molar-refractivity contribution in [3.8, 4) is 0 Å². The van der Waals surface area contributed by atoms with Gasteiger partial charge in [-0.1, -0.05) is 29.8 Å². The first-order valence-corrected chi connectivity index (χ1v) is 11.0. The lowest BCUT2D eigenvalue weighted by Crippen LogP contribution is -2.19. The van der Waals surface area contributed by atoms with Crippen molar-refractivity contribution in [3.05, 3.63) is 77.4 Å². The molecule has 0 radical (unpaired) electrons. The second-order valence-corrected chi connectivity index (χ2v) is 9.31. The summed E-state index contributed by atoms with van der Waals surface area (Å²) in [6.45, 7) is 7.92. The number of hydrogen-bond acceptors (Lipinski definition) is 4. The van der Waals surface area contributed by atoms with Crippen LogP contribution < -0.4 is 0 Å². The number of benzene rings is 2. The molecule has 2 aromatic heterocycles. The fourth-order valence-corrected chi connectivity index (χ4v) is 5.21. The monoisotopic (exact) mass is 408 g/mol. The molecule has 0 spiro atoms. The number of aromatic nitrogens is 4. The number of rotatable bonds is 5. The quantitative estimate of drug-likeness (QED) is 0.496. The molecule has 0 aliphatic carbocycles. The van der Waals surface area contributed by atoms with E-state index in [4.69, 9.17) is 0 Å². The van der Waals surface area contributed by atoms with E-state index in [1.165, 1.54) is 3.97 Å². The van der Waals surface area contributed by atoms with Crippen LogP contribution in [0, 0.1) is 20.8 Å². The van der Waals surface area contributed by atoms with Crippen LogP contribution in [0.25, 0.3) is 11.0 Å². The summed E-state index contributed by atoms with van der Waals surface area (Å²) < 4.78 is 30.4. The summed E-state index contributed by atoms with van der Waals surface area (Å²) in [7, 11) is -3.78. The summed E-state index contributed by atoms with van der Waals surface area (Å²) >= 11 is 0. The largest absolute Gasteiger partial charge is 0.269 e. The third kappa shape index (κ3) is 3.46. The van der Waals surface area contributed by atoms with Crippen molar-refractivity contribution in [2.75, 3.05) is 0 Å². The molecule has 0 saturated heterocycles. The summed E-state index contributed by atoms with van der Waals surface area (Å²) in [4.78, 5) is 4.92. The molecule has 2 aromatic carbocycles. The Kier molecular flexibility index (Phi) is 4.78. The van der Waals surface area contributed by atoms with Gasteiger partial charge in [-0.05, 0) is 58.0 Å². The van der Waals surface area contributed by atoms with Crippen molar-refractivity contribution in [1.29, 1.82) is 0 Å². The van der Waals surface area contributed by atoms with Crippen LogP contribution in [0.15, 0.2) is 59.5 Å². The highest BCUT2D eigenvalue weighted by atomic mass is 32.2. The van der Waals surface area contributed by atoms with Gasteiger partial charge in [0.1, 0.15) is 5.82 Å². The van der Waals surface area contributed by atoms with Crippen molar-refractivity contribution in [1.82, 2.24) is 18.7 Å². The number of hydrogen-bond donors (Lipinski definition) is 0. The molecular weight excluding hydrogens is 384 g/mol. The molecule has 0 fully saturated rings. The summed E-state index contributed by atoms with van der Waals surface area (Å²) in [6, 6.07) is 16.2. The molecule has 4 rings (SSSR count). The number of imidazole rings is 1. The molecule has 0 aliphatic heterocycles. The summed E-state index contributed by atoms with van der Waals surface area (Å²) in [5, 5.41) is 4.55. The minimum atomic E-state index is -3.78. The number of fused-ring (bicyclic) bond motifs is 1. The van der Waals surface area contributed by atoms with Gasteiger partial charge in [-0.25, -0.2) is 17.4 Å². The Bertz CT molecular complexity index is 1280. The van der Waals surface area contributed by atoms with Gasteiger partial charge in [0.25, 0.3) is 10.0 Å². The highest BCUT2D eigenvalue weighted by Gasteiger charge is 2.25. The van der Waals surface area contributed by atoms with Gasteiger partial charge in [0, 0.05) is 12.1 Å². The van der Waals surface area contributed by atoms with Crippen LogP contribution in [-0.4, -0.2) is 27.2 Å². The van der Waals surface area contributed by atoms with Crippen LogP contribution in [-0.2, 0) is 16.4 Å². The third-order valence-corrected chi connectivity index (χ3v) is 6.84. The topological polar surface area (TPSA) is 69.8 Å². The maximum absolute atomic E-state index is 13.5. The van der Waals surface area contributed by atoms with Crippen LogP contribution in [0.4, 0.5) is 0 Å². The maximum Gasteiger partial charge on any atom is 0.269 e. The Morgan fingerprint density at radius 3 is 2.34 bits per heavy atom. The first-order valence-electron chi connectivity index (χ1n) is 9.59. The standard InChI is InChI=1S/C22H24N4O2S/c1-15-9-11-19(12-10-15)29(27,28)26-21-8-6-5-7-20(21)23-22(26)14-18(4)25-17(3)13-16(2)24-25/h5-13,18H,14H2,1-4H3/t18-/m0/s1. The van der Waals surface area contributed by atoms with Gasteiger partial charge in [-0.3, -0.25) is 4.68 Å². The Morgan fingerprint density at radius 1 is 1.00 bits per heavy atom. The van der Waals surface area contributed by atoms with Crippen LogP contribution in [0.5, 0.6) is 0 Å². The van der Waals surface area contributed by atoms with Crippen molar-refractivity contribution in [2.24, 2.45) is 0 Å². The van der Waals surface area contributed by atoms with Crippen LogP contribution in [0.3, 0.4) is 0 Å². The highest BCUT2D eigenvalue weighted by molar-refractivity contribution is 7.90. The second-order valence-electron chi connectivity index (χ2n) is 7.52. The van der Waals surface area contributed by atoms with E-state index in [1.54, 1.807) is 18.2 Å². The average molecular weight is 409 g/mol. The van der Waals surface area contributed by atoms with Gasteiger partial charge in [0.15, 0.2) is 0 Å². The zero-order valence-electron chi connectivity index (χ0n) is 17.0. The van der Waals surface area contributed by atoms with E-state index in [9.17, 15) is 8.42 Å². The van der Waals surface area contributed by atoms with Crippen molar-refractivity contribution < 1.29 is 8.42 Å². The minimum absolute atomic E-state index is 0.0347. The first-order chi connectivity index (χ1) is 13.8. The van der Waals surface area contributed by atoms with E-state index in [0.29, 0.717) is 23.3 Å². The van der Waals surface area contributed by atoms with E-state index in [1.807, 2.05) is 68.8 Å². The smallest absolute Gasteiger partial charge is 0.266 e. The zero-order chi connectivity index (χ0) is 20.8. The lowest BCUT2D eigenvalue weighted by molar-refractivity contribution is 0.465. The van der Waals surface area contributed by atoms with Crippen molar-refractivity contribution in [3.63, 3.8) is 0 Å². The predicted octanol–water partition coefficient (Wildman–Crippen LogP) is 4.20.